The van der Waals surface area contributed by atoms with Crippen LogP contribution in [-0.2, 0) is 14.6 Å². The molecule has 0 N–H and O–H groups in total. The van der Waals surface area contributed by atoms with Gasteiger partial charge in [0.05, 0.1) is 4.90 Å². The maximum atomic E-state index is 11.8. The van der Waals surface area contributed by atoms with E-state index >= 15 is 0 Å². The molecule has 19 heavy (non-hydrogen) atoms. The number of carbonyl (C=O) groups excluding carboxylic acids is 2. The number of sulfone groups is 1. The van der Waals surface area contributed by atoms with E-state index in [0.717, 1.165) is 0 Å². The van der Waals surface area contributed by atoms with Gasteiger partial charge < -0.3 is 0 Å². The van der Waals surface area contributed by atoms with Gasteiger partial charge in [0.1, 0.15) is 11.5 Å². The number of benzene rings is 1. The monoisotopic (exact) mass is 282 g/mol. The second kappa shape index (κ2) is 6.10. The number of hydrogen-bond acceptors (Lipinski definition) is 4. The molecule has 1 aromatic rings. The minimum atomic E-state index is -3.59. The van der Waals surface area contributed by atoms with Crippen LogP contribution in [0.4, 0.5) is 0 Å². The lowest BCUT2D eigenvalue weighted by Gasteiger charge is -2.06. The van der Waals surface area contributed by atoms with Gasteiger partial charge in [-0.3, -0.25) is 9.59 Å². The van der Waals surface area contributed by atoms with E-state index in [-0.39, 0.29) is 16.6 Å². The Morgan fingerprint density at radius 1 is 1.11 bits per heavy atom. The molecule has 0 spiro atoms. The van der Waals surface area contributed by atoms with E-state index in [0.29, 0.717) is 12.0 Å². The number of Topliss-reactive ketones (excluding diaryl/α,β-unsaturated/α-hetero) is 2. The summed E-state index contributed by atoms with van der Waals surface area (Å²) in [5.41, 5.74) is 0.496. The molecule has 0 aliphatic carbocycles. The average molecular weight is 282 g/mol. The van der Waals surface area contributed by atoms with E-state index in [1.807, 2.05) is 13.8 Å². The van der Waals surface area contributed by atoms with Crippen molar-refractivity contribution in [3.63, 3.8) is 0 Å². The Morgan fingerprint density at radius 3 is 2.05 bits per heavy atom. The van der Waals surface area contributed by atoms with Crippen molar-refractivity contribution in [2.24, 2.45) is 5.92 Å². The molecule has 0 aliphatic rings. The van der Waals surface area contributed by atoms with Crippen molar-refractivity contribution in [1.29, 1.82) is 0 Å². The Bertz CT molecular complexity index is 568. The highest BCUT2D eigenvalue weighted by Gasteiger charge is 2.17. The molecule has 0 heterocycles. The fourth-order valence-electron chi connectivity index (χ4n) is 1.69. The lowest BCUT2D eigenvalue weighted by Crippen LogP contribution is -2.13. The van der Waals surface area contributed by atoms with Crippen molar-refractivity contribution < 1.29 is 18.0 Å². The van der Waals surface area contributed by atoms with E-state index in [4.69, 9.17) is 0 Å². The first-order valence-corrected chi connectivity index (χ1v) is 7.73. The summed E-state index contributed by atoms with van der Waals surface area (Å²) < 4.78 is 23.6. The molecule has 0 fully saturated rings. The van der Waals surface area contributed by atoms with Gasteiger partial charge in [0.25, 0.3) is 0 Å². The van der Waals surface area contributed by atoms with Crippen LogP contribution in [0.25, 0.3) is 0 Å². The molecule has 0 aromatic heterocycles. The summed E-state index contributed by atoms with van der Waals surface area (Å²) in [7, 11) is -3.59. The highest BCUT2D eigenvalue weighted by atomic mass is 32.2. The Labute approximate surface area is 113 Å². The summed E-state index contributed by atoms with van der Waals surface area (Å²) in [6.45, 7) is 5.13. The van der Waals surface area contributed by atoms with Crippen LogP contribution in [0, 0.1) is 5.92 Å². The summed E-state index contributed by atoms with van der Waals surface area (Å²) in [5, 5.41) is 0. The normalized spacial score (nSPS) is 11.6. The second-order valence-corrected chi connectivity index (χ2v) is 7.00. The third-order valence-corrected chi connectivity index (χ3v) is 4.30. The molecule has 5 heteroatoms. The number of ketones is 2. The van der Waals surface area contributed by atoms with E-state index in [9.17, 15) is 18.0 Å². The van der Waals surface area contributed by atoms with Crippen LogP contribution in [0.3, 0.4) is 0 Å². The van der Waals surface area contributed by atoms with Crippen LogP contribution in [-0.4, -0.2) is 25.7 Å². The first-order valence-electron chi connectivity index (χ1n) is 6.08. The zero-order chi connectivity index (χ0) is 14.6. The average Bonchev–Trinajstić information content (AvgIpc) is 2.26. The topological polar surface area (TPSA) is 68.3 Å². The number of carbonyl (C=O) groups is 2. The van der Waals surface area contributed by atoms with Crippen LogP contribution in [0.5, 0.6) is 0 Å². The van der Waals surface area contributed by atoms with E-state index in [1.54, 1.807) is 0 Å². The number of hydrogen-bond donors (Lipinski definition) is 0. The summed E-state index contributed by atoms with van der Waals surface area (Å²) in [5.74, 6) is -0.661. The standard InChI is InChI=1S/C14H18O4S/c1-10(2)8-14(16)12-4-6-13(7-5-12)19(17,18)9-11(3)15/h4-7,10H,8-9H2,1-3H3. The molecule has 104 valence electrons. The minimum absolute atomic E-state index is 0.00878. The molecular formula is C14H18O4S. The van der Waals surface area contributed by atoms with Gasteiger partial charge in [0, 0.05) is 12.0 Å². The summed E-state index contributed by atoms with van der Waals surface area (Å²) >= 11 is 0. The predicted octanol–water partition coefficient (Wildman–Crippen LogP) is 2.28. The molecule has 0 saturated carbocycles. The van der Waals surface area contributed by atoms with Crippen molar-refractivity contribution in [3.8, 4) is 0 Å². The Kier molecular flexibility index (Phi) is 5.00. The van der Waals surface area contributed by atoms with Crippen LogP contribution < -0.4 is 0 Å². The zero-order valence-electron chi connectivity index (χ0n) is 11.3. The van der Waals surface area contributed by atoms with Crippen molar-refractivity contribution in [1.82, 2.24) is 0 Å². The maximum Gasteiger partial charge on any atom is 0.185 e. The van der Waals surface area contributed by atoms with Crippen LogP contribution >= 0.6 is 0 Å². The lowest BCUT2D eigenvalue weighted by atomic mass is 10.0. The van der Waals surface area contributed by atoms with Gasteiger partial charge in [-0.15, -0.1) is 0 Å². The van der Waals surface area contributed by atoms with Gasteiger partial charge in [-0.2, -0.15) is 0 Å². The Morgan fingerprint density at radius 2 is 1.63 bits per heavy atom. The fourth-order valence-corrected chi connectivity index (χ4v) is 2.94. The zero-order valence-corrected chi connectivity index (χ0v) is 12.2. The first kappa shape index (κ1) is 15.6. The lowest BCUT2D eigenvalue weighted by molar-refractivity contribution is -0.114. The summed E-state index contributed by atoms with van der Waals surface area (Å²) in [6.07, 6.45) is 0.430. The molecule has 0 unspecified atom stereocenters. The van der Waals surface area contributed by atoms with Gasteiger partial charge in [0.2, 0.25) is 0 Å². The molecule has 0 amide bonds. The van der Waals surface area contributed by atoms with Crippen molar-refractivity contribution in [3.05, 3.63) is 29.8 Å². The Hall–Kier alpha value is -1.49. The molecular weight excluding hydrogens is 264 g/mol. The smallest absolute Gasteiger partial charge is 0.185 e. The molecule has 0 radical (unpaired) electrons. The molecule has 1 aromatic carbocycles. The minimum Gasteiger partial charge on any atom is -0.299 e. The fraction of sp³-hybridized carbons (Fsp3) is 0.429. The van der Waals surface area contributed by atoms with Gasteiger partial charge >= 0.3 is 0 Å². The van der Waals surface area contributed by atoms with Crippen LogP contribution in [0.15, 0.2) is 29.2 Å². The molecule has 4 nitrogen and oxygen atoms in total. The van der Waals surface area contributed by atoms with E-state index in [2.05, 4.69) is 0 Å². The molecule has 1 rings (SSSR count). The Balaban J connectivity index is 2.94. The summed E-state index contributed by atoms with van der Waals surface area (Å²) in [4.78, 5) is 22.8. The molecule has 0 atom stereocenters. The first-order chi connectivity index (χ1) is 8.72. The molecule has 0 bridgehead atoms. The maximum absolute atomic E-state index is 11.8. The number of rotatable bonds is 6. The van der Waals surface area contributed by atoms with Crippen LogP contribution in [0.1, 0.15) is 37.6 Å². The highest BCUT2D eigenvalue weighted by Crippen LogP contribution is 2.15. The van der Waals surface area contributed by atoms with E-state index in [1.165, 1.54) is 31.2 Å². The van der Waals surface area contributed by atoms with Gasteiger partial charge in [0.15, 0.2) is 15.6 Å². The third-order valence-electron chi connectivity index (χ3n) is 2.52. The third kappa shape index (κ3) is 4.59. The van der Waals surface area contributed by atoms with Gasteiger partial charge in [-0.25, -0.2) is 8.42 Å². The van der Waals surface area contributed by atoms with E-state index < -0.39 is 21.4 Å². The molecule has 0 aliphatic heterocycles. The van der Waals surface area contributed by atoms with Crippen molar-refractivity contribution >= 4 is 21.4 Å². The van der Waals surface area contributed by atoms with Crippen molar-refractivity contribution in [2.45, 2.75) is 32.1 Å². The second-order valence-electron chi connectivity index (χ2n) is 5.01. The molecule has 0 saturated heterocycles. The van der Waals surface area contributed by atoms with Gasteiger partial charge in [-0.1, -0.05) is 26.0 Å². The SMILES string of the molecule is CC(=O)CS(=O)(=O)c1ccc(C(=O)CC(C)C)cc1. The highest BCUT2D eigenvalue weighted by molar-refractivity contribution is 7.92. The van der Waals surface area contributed by atoms with Crippen molar-refractivity contribution in [2.75, 3.05) is 5.75 Å². The largest absolute Gasteiger partial charge is 0.299 e. The predicted molar refractivity (Wildman–Crippen MR) is 73.0 cm³/mol. The van der Waals surface area contributed by atoms with Crippen LogP contribution in [0.2, 0.25) is 0 Å². The quantitative estimate of drug-likeness (QED) is 0.751. The summed E-state index contributed by atoms with van der Waals surface area (Å²) in [6, 6.07) is 5.76. The van der Waals surface area contributed by atoms with Gasteiger partial charge in [-0.05, 0) is 25.0 Å².